The van der Waals surface area contributed by atoms with Gasteiger partial charge in [0.2, 0.25) is 17.1 Å². The number of nitrogens with one attached hydrogen (secondary N) is 1. The SMILES string of the molecule is C/C=C(\C)C(=O)[C@H](C)/C=C(C)/C=C/C/C(C)=C/Cc1[nH]c(OC)c(OC)c(=O)c1C. The van der Waals surface area contributed by atoms with Gasteiger partial charge in [0.05, 0.1) is 14.2 Å². The minimum atomic E-state index is -0.161. The molecule has 0 aliphatic rings. The molecule has 0 amide bonds. The van der Waals surface area contributed by atoms with Gasteiger partial charge in [-0.15, -0.1) is 0 Å². The predicted octanol–water partition coefficient (Wildman–Crippen LogP) is 5.25. The van der Waals surface area contributed by atoms with Gasteiger partial charge in [0.25, 0.3) is 0 Å². The molecule has 0 spiro atoms. The number of Topliss-reactive ketones (excluding diaryl/α,β-unsaturated/α-hetero) is 1. The summed E-state index contributed by atoms with van der Waals surface area (Å²) in [6, 6.07) is 0. The predicted molar refractivity (Wildman–Crippen MR) is 123 cm³/mol. The molecule has 0 saturated heterocycles. The van der Waals surface area contributed by atoms with Crippen molar-refractivity contribution >= 4 is 5.78 Å². The van der Waals surface area contributed by atoms with Crippen LogP contribution in [0.5, 0.6) is 11.6 Å². The number of allylic oxidation sites excluding steroid dienone is 8. The zero-order valence-electron chi connectivity index (χ0n) is 19.5. The van der Waals surface area contributed by atoms with E-state index in [1.807, 2.05) is 45.9 Å². The molecule has 5 heteroatoms. The Bertz CT molecular complexity index is 929. The van der Waals surface area contributed by atoms with Crippen LogP contribution in [0.25, 0.3) is 0 Å². The topological polar surface area (TPSA) is 68.4 Å². The number of rotatable bonds is 10. The Balaban J connectivity index is 2.82. The van der Waals surface area contributed by atoms with Crippen LogP contribution in [0, 0.1) is 12.8 Å². The number of ether oxygens (including phenoxy) is 2. The quantitative estimate of drug-likeness (QED) is 0.323. The maximum atomic E-state index is 12.4. The van der Waals surface area contributed by atoms with Gasteiger partial charge in [0.15, 0.2) is 5.78 Å². The standard InChI is InChI=1S/C25H35NO4/c1-9-18(4)22(27)19(5)15-17(3)12-10-11-16(2)13-14-21-20(6)23(28)24(29-7)25(26-21)30-8/h9-10,12-13,15,19H,11,14H2,1-8H3,(H,26,28)/b12-10+,16-13+,17-15+,18-9+/t19-/m1/s1. The first-order valence-corrected chi connectivity index (χ1v) is 10.2. The van der Waals surface area contributed by atoms with Crippen molar-refractivity contribution in [2.75, 3.05) is 14.2 Å². The first-order chi connectivity index (χ1) is 14.2. The molecule has 164 valence electrons. The van der Waals surface area contributed by atoms with E-state index in [9.17, 15) is 9.59 Å². The Kier molecular flexibility index (Phi) is 10.1. The van der Waals surface area contributed by atoms with E-state index in [-0.39, 0.29) is 22.9 Å². The molecule has 1 rings (SSSR count). The van der Waals surface area contributed by atoms with Crippen LogP contribution in [0.1, 0.15) is 52.3 Å². The van der Waals surface area contributed by atoms with Crippen LogP contribution in [-0.4, -0.2) is 25.0 Å². The molecule has 1 N–H and O–H groups in total. The van der Waals surface area contributed by atoms with Gasteiger partial charge in [0.1, 0.15) is 0 Å². The van der Waals surface area contributed by atoms with Crippen molar-refractivity contribution in [3.05, 3.63) is 68.6 Å². The first-order valence-electron chi connectivity index (χ1n) is 10.2. The van der Waals surface area contributed by atoms with Gasteiger partial charge in [-0.25, -0.2) is 0 Å². The van der Waals surface area contributed by atoms with E-state index in [2.05, 4.69) is 24.1 Å². The lowest BCUT2D eigenvalue weighted by molar-refractivity contribution is -0.117. The number of aromatic amines is 1. The Morgan fingerprint density at radius 1 is 1.17 bits per heavy atom. The summed E-state index contributed by atoms with van der Waals surface area (Å²) in [6.45, 7) is 11.5. The third kappa shape index (κ3) is 6.90. The van der Waals surface area contributed by atoms with Gasteiger partial charge in [-0.1, -0.05) is 48.5 Å². The fourth-order valence-electron chi connectivity index (χ4n) is 3.05. The molecule has 0 radical (unpaired) electrons. The molecule has 5 nitrogen and oxygen atoms in total. The van der Waals surface area contributed by atoms with Crippen molar-refractivity contribution in [1.29, 1.82) is 0 Å². The number of carbonyl (C=O) groups is 1. The van der Waals surface area contributed by atoms with Gasteiger partial charge in [-0.2, -0.15) is 0 Å². The second-order valence-electron chi connectivity index (χ2n) is 7.52. The number of hydrogen-bond acceptors (Lipinski definition) is 4. The number of pyridine rings is 1. The van der Waals surface area contributed by atoms with Gasteiger partial charge < -0.3 is 14.5 Å². The molecule has 1 heterocycles. The van der Waals surface area contributed by atoms with Crippen LogP contribution in [-0.2, 0) is 11.2 Å². The molecular formula is C25H35NO4. The van der Waals surface area contributed by atoms with Crippen molar-refractivity contribution in [2.45, 2.75) is 54.4 Å². The zero-order chi connectivity index (χ0) is 22.8. The van der Waals surface area contributed by atoms with E-state index in [0.717, 1.165) is 23.3 Å². The molecule has 1 atom stereocenters. The van der Waals surface area contributed by atoms with Crippen molar-refractivity contribution in [3.63, 3.8) is 0 Å². The van der Waals surface area contributed by atoms with Crippen molar-refractivity contribution < 1.29 is 14.3 Å². The third-order valence-corrected chi connectivity index (χ3v) is 5.10. The summed E-state index contributed by atoms with van der Waals surface area (Å²) in [7, 11) is 2.96. The Morgan fingerprint density at radius 2 is 1.83 bits per heavy atom. The molecule has 0 fully saturated rings. The molecular weight excluding hydrogens is 378 g/mol. The van der Waals surface area contributed by atoms with E-state index < -0.39 is 0 Å². The largest absolute Gasteiger partial charge is 0.488 e. The minimum absolute atomic E-state index is 0.132. The van der Waals surface area contributed by atoms with Crippen LogP contribution in [0.15, 0.2) is 51.9 Å². The Labute approximate surface area is 180 Å². The molecule has 30 heavy (non-hydrogen) atoms. The highest BCUT2D eigenvalue weighted by atomic mass is 16.5. The molecule has 0 saturated carbocycles. The van der Waals surface area contributed by atoms with Gasteiger partial charge in [-0.3, -0.25) is 9.59 Å². The van der Waals surface area contributed by atoms with Gasteiger partial charge in [0, 0.05) is 23.6 Å². The van der Waals surface area contributed by atoms with Gasteiger partial charge >= 0.3 is 0 Å². The lowest BCUT2D eigenvalue weighted by Gasteiger charge is -2.11. The van der Waals surface area contributed by atoms with E-state index in [1.165, 1.54) is 19.8 Å². The van der Waals surface area contributed by atoms with Crippen LogP contribution < -0.4 is 14.9 Å². The highest BCUT2D eigenvalue weighted by molar-refractivity contribution is 5.97. The summed E-state index contributed by atoms with van der Waals surface area (Å²) in [5.74, 6) is 0.557. The molecule has 0 aromatic carbocycles. The van der Waals surface area contributed by atoms with Crippen molar-refractivity contribution in [1.82, 2.24) is 4.98 Å². The summed E-state index contributed by atoms with van der Waals surface area (Å²) < 4.78 is 10.4. The number of aromatic nitrogens is 1. The van der Waals surface area contributed by atoms with E-state index in [0.29, 0.717) is 17.9 Å². The number of ketones is 1. The maximum Gasteiger partial charge on any atom is 0.238 e. The smallest absolute Gasteiger partial charge is 0.238 e. The average molecular weight is 414 g/mol. The monoisotopic (exact) mass is 413 g/mol. The molecule has 1 aromatic rings. The van der Waals surface area contributed by atoms with Gasteiger partial charge in [-0.05, 0) is 46.6 Å². The van der Waals surface area contributed by atoms with Crippen LogP contribution in [0.2, 0.25) is 0 Å². The lowest BCUT2D eigenvalue weighted by Crippen LogP contribution is -2.15. The fraction of sp³-hybridized carbons (Fsp3) is 0.440. The van der Waals surface area contributed by atoms with Crippen LogP contribution >= 0.6 is 0 Å². The number of carbonyl (C=O) groups excluding carboxylic acids is 1. The lowest BCUT2D eigenvalue weighted by atomic mass is 9.97. The highest BCUT2D eigenvalue weighted by Crippen LogP contribution is 2.22. The Morgan fingerprint density at radius 3 is 2.40 bits per heavy atom. The summed E-state index contributed by atoms with van der Waals surface area (Å²) in [5, 5.41) is 0. The zero-order valence-corrected chi connectivity index (χ0v) is 19.5. The van der Waals surface area contributed by atoms with Crippen LogP contribution in [0.3, 0.4) is 0 Å². The van der Waals surface area contributed by atoms with Crippen LogP contribution in [0.4, 0.5) is 0 Å². The van der Waals surface area contributed by atoms with Crippen molar-refractivity contribution in [2.24, 2.45) is 5.92 Å². The summed E-state index contributed by atoms with van der Waals surface area (Å²) in [4.78, 5) is 27.7. The summed E-state index contributed by atoms with van der Waals surface area (Å²) in [5.41, 5.74) is 4.31. The molecule has 0 aliphatic heterocycles. The Hall–Kier alpha value is -2.82. The molecule has 0 unspecified atom stereocenters. The minimum Gasteiger partial charge on any atom is -0.488 e. The normalized spacial score (nSPS) is 14.2. The molecule has 0 bridgehead atoms. The van der Waals surface area contributed by atoms with E-state index in [4.69, 9.17) is 9.47 Å². The van der Waals surface area contributed by atoms with E-state index >= 15 is 0 Å². The maximum absolute atomic E-state index is 12.4. The molecule has 1 aromatic heterocycles. The van der Waals surface area contributed by atoms with Crippen molar-refractivity contribution in [3.8, 4) is 11.6 Å². The fourth-order valence-corrected chi connectivity index (χ4v) is 3.05. The third-order valence-electron chi connectivity index (χ3n) is 5.10. The number of hydrogen-bond donors (Lipinski definition) is 1. The summed E-state index contributed by atoms with van der Waals surface area (Å²) in [6.07, 6.45) is 11.4. The summed E-state index contributed by atoms with van der Waals surface area (Å²) >= 11 is 0. The molecule has 0 aliphatic carbocycles. The second kappa shape index (κ2) is 12.0. The average Bonchev–Trinajstić information content (AvgIpc) is 2.73. The highest BCUT2D eigenvalue weighted by Gasteiger charge is 2.14. The number of methoxy groups -OCH3 is 2. The first kappa shape index (κ1) is 25.2. The second-order valence-corrected chi connectivity index (χ2v) is 7.52. The van der Waals surface area contributed by atoms with E-state index in [1.54, 1.807) is 6.92 Å². The number of H-pyrrole nitrogens is 1.